The van der Waals surface area contributed by atoms with Crippen molar-refractivity contribution in [1.29, 1.82) is 0 Å². The highest BCUT2D eigenvalue weighted by Gasteiger charge is 2.28. The van der Waals surface area contributed by atoms with Gasteiger partial charge in [-0.3, -0.25) is 0 Å². The first kappa shape index (κ1) is 9.97. The summed E-state index contributed by atoms with van der Waals surface area (Å²) in [7, 11) is 0. The van der Waals surface area contributed by atoms with Gasteiger partial charge in [0.15, 0.2) is 5.13 Å². The van der Waals surface area contributed by atoms with Crippen LogP contribution in [-0.2, 0) is 0 Å². The molecule has 1 aromatic rings. The van der Waals surface area contributed by atoms with Crippen LogP contribution in [0.5, 0.6) is 0 Å². The molecule has 1 saturated heterocycles. The van der Waals surface area contributed by atoms with Gasteiger partial charge in [-0.1, -0.05) is 13.8 Å². The molecule has 78 valence electrons. The van der Waals surface area contributed by atoms with Gasteiger partial charge in [-0.25, -0.2) is 4.98 Å². The van der Waals surface area contributed by atoms with Crippen LogP contribution in [0.2, 0.25) is 0 Å². The third-order valence-corrected chi connectivity index (χ3v) is 3.66. The van der Waals surface area contributed by atoms with Crippen molar-refractivity contribution in [1.82, 2.24) is 4.98 Å². The zero-order valence-corrected chi connectivity index (χ0v) is 9.97. The maximum absolute atomic E-state index is 4.49. The lowest BCUT2D eigenvalue weighted by molar-refractivity contribution is 0.337. The number of hydrogen-bond donors (Lipinski definition) is 0. The Morgan fingerprint density at radius 2 is 2.29 bits per heavy atom. The Labute approximate surface area is 90.0 Å². The molecular formula is C11H18N2S. The number of hydrogen-bond acceptors (Lipinski definition) is 3. The molecule has 1 aliphatic rings. The van der Waals surface area contributed by atoms with Crippen molar-refractivity contribution >= 4 is 16.5 Å². The molecule has 1 aliphatic heterocycles. The SMILES string of the molecule is Cc1csc(N2CC(CC(C)C)C2)n1. The lowest BCUT2D eigenvalue weighted by Crippen LogP contribution is -2.47. The van der Waals surface area contributed by atoms with Gasteiger partial charge in [0, 0.05) is 18.5 Å². The van der Waals surface area contributed by atoms with Crippen molar-refractivity contribution in [3.8, 4) is 0 Å². The highest BCUT2D eigenvalue weighted by atomic mass is 32.1. The standard InChI is InChI=1S/C11H18N2S/c1-8(2)4-10-5-13(6-10)11-12-9(3)7-14-11/h7-8,10H,4-6H2,1-3H3. The molecule has 2 heterocycles. The molecule has 0 bridgehead atoms. The third kappa shape index (κ3) is 2.08. The molecule has 1 aromatic heterocycles. The second-order valence-corrected chi connectivity index (χ2v) is 5.51. The second kappa shape index (κ2) is 3.89. The fourth-order valence-corrected chi connectivity index (χ4v) is 2.85. The number of aromatic nitrogens is 1. The Morgan fingerprint density at radius 3 is 2.79 bits per heavy atom. The van der Waals surface area contributed by atoms with Gasteiger partial charge in [0.05, 0.1) is 5.69 Å². The van der Waals surface area contributed by atoms with Crippen molar-refractivity contribution in [3.63, 3.8) is 0 Å². The maximum atomic E-state index is 4.49. The first-order valence-electron chi connectivity index (χ1n) is 5.32. The molecule has 3 heteroatoms. The van der Waals surface area contributed by atoms with E-state index < -0.39 is 0 Å². The van der Waals surface area contributed by atoms with E-state index in [1.807, 2.05) is 0 Å². The summed E-state index contributed by atoms with van der Waals surface area (Å²) in [5, 5.41) is 3.34. The molecule has 0 atom stereocenters. The van der Waals surface area contributed by atoms with Gasteiger partial charge >= 0.3 is 0 Å². The van der Waals surface area contributed by atoms with Crippen LogP contribution in [0, 0.1) is 18.8 Å². The van der Waals surface area contributed by atoms with E-state index in [4.69, 9.17) is 0 Å². The molecule has 0 aliphatic carbocycles. The predicted octanol–water partition coefficient (Wildman–Crippen LogP) is 2.93. The van der Waals surface area contributed by atoms with Gasteiger partial charge in [0.2, 0.25) is 0 Å². The Bertz CT molecular complexity index is 300. The van der Waals surface area contributed by atoms with E-state index in [1.54, 1.807) is 11.3 Å². The molecule has 0 radical (unpaired) electrons. The molecule has 2 nitrogen and oxygen atoms in total. The first-order valence-corrected chi connectivity index (χ1v) is 6.20. The fourth-order valence-electron chi connectivity index (χ4n) is 2.03. The summed E-state index contributed by atoms with van der Waals surface area (Å²) in [6, 6.07) is 0. The van der Waals surface area contributed by atoms with Gasteiger partial charge in [0.25, 0.3) is 0 Å². The normalized spacial score (nSPS) is 17.6. The molecule has 0 aromatic carbocycles. The lowest BCUT2D eigenvalue weighted by Gasteiger charge is -2.40. The molecule has 0 unspecified atom stereocenters. The minimum Gasteiger partial charge on any atom is -0.347 e. The van der Waals surface area contributed by atoms with E-state index in [-0.39, 0.29) is 0 Å². The smallest absolute Gasteiger partial charge is 0.185 e. The molecule has 0 amide bonds. The van der Waals surface area contributed by atoms with Crippen LogP contribution < -0.4 is 4.90 Å². The van der Waals surface area contributed by atoms with Crippen molar-refractivity contribution < 1.29 is 0 Å². The first-order chi connectivity index (χ1) is 6.65. The van der Waals surface area contributed by atoms with Crippen LogP contribution in [-0.4, -0.2) is 18.1 Å². The summed E-state index contributed by atoms with van der Waals surface area (Å²) in [6.07, 6.45) is 1.36. The summed E-state index contributed by atoms with van der Waals surface area (Å²) in [5.74, 6) is 1.74. The van der Waals surface area contributed by atoms with Gasteiger partial charge in [-0.2, -0.15) is 0 Å². The average molecular weight is 210 g/mol. The van der Waals surface area contributed by atoms with E-state index in [9.17, 15) is 0 Å². The van der Waals surface area contributed by atoms with Crippen LogP contribution in [0.25, 0.3) is 0 Å². The molecule has 14 heavy (non-hydrogen) atoms. The third-order valence-electron chi connectivity index (χ3n) is 2.64. The minimum atomic E-state index is 0.834. The zero-order chi connectivity index (χ0) is 10.1. The Kier molecular flexibility index (Phi) is 2.77. The summed E-state index contributed by atoms with van der Waals surface area (Å²) >= 11 is 1.77. The Hall–Kier alpha value is -0.570. The van der Waals surface area contributed by atoms with Crippen LogP contribution in [0.4, 0.5) is 5.13 Å². The summed E-state index contributed by atoms with van der Waals surface area (Å²) in [4.78, 5) is 6.88. The number of thiazole rings is 1. The monoisotopic (exact) mass is 210 g/mol. The number of rotatable bonds is 3. The maximum Gasteiger partial charge on any atom is 0.185 e. The molecule has 0 spiro atoms. The zero-order valence-electron chi connectivity index (χ0n) is 9.16. The summed E-state index contributed by atoms with van der Waals surface area (Å²) in [5.41, 5.74) is 1.15. The number of aryl methyl sites for hydroxylation is 1. The van der Waals surface area contributed by atoms with Crippen LogP contribution in [0.3, 0.4) is 0 Å². The Balaban J connectivity index is 1.83. The van der Waals surface area contributed by atoms with Crippen molar-refractivity contribution in [2.75, 3.05) is 18.0 Å². The van der Waals surface area contributed by atoms with Crippen LogP contribution in [0.1, 0.15) is 26.0 Å². The van der Waals surface area contributed by atoms with E-state index in [0.29, 0.717) is 0 Å². The van der Waals surface area contributed by atoms with E-state index in [1.165, 1.54) is 24.6 Å². The molecule has 0 N–H and O–H groups in total. The number of anilines is 1. The van der Waals surface area contributed by atoms with Crippen LogP contribution in [0.15, 0.2) is 5.38 Å². The second-order valence-electron chi connectivity index (χ2n) is 4.67. The van der Waals surface area contributed by atoms with Crippen molar-refractivity contribution in [3.05, 3.63) is 11.1 Å². The van der Waals surface area contributed by atoms with Gasteiger partial charge in [-0.15, -0.1) is 11.3 Å². The van der Waals surface area contributed by atoms with Crippen molar-refractivity contribution in [2.45, 2.75) is 27.2 Å². The van der Waals surface area contributed by atoms with Gasteiger partial charge in [0.1, 0.15) is 0 Å². The van der Waals surface area contributed by atoms with E-state index >= 15 is 0 Å². The molecular weight excluding hydrogens is 192 g/mol. The fraction of sp³-hybridized carbons (Fsp3) is 0.727. The van der Waals surface area contributed by atoms with Gasteiger partial charge in [-0.05, 0) is 25.2 Å². The topological polar surface area (TPSA) is 16.1 Å². The quantitative estimate of drug-likeness (QED) is 0.762. The average Bonchev–Trinajstić information content (AvgIpc) is 2.42. The summed E-state index contributed by atoms with van der Waals surface area (Å²) in [6.45, 7) is 9.09. The van der Waals surface area contributed by atoms with E-state index in [0.717, 1.165) is 17.5 Å². The lowest BCUT2D eigenvalue weighted by atomic mass is 9.91. The highest BCUT2D eigenvalue weighted by molar-refractivity contribution is 7.13. The van der Waals surface area contributed by atoms with Crippen LogP contribution >= 0.6 is 11.3 Å². The van der Waals surface area contributed by atoms with Crippen molar-refractivity contribution in [2.24, 2.45) is 11.8 Å². The molecule has 0 saturated carbocycles. The molecule has 2 rings (SSSR count). The van der Waals surface area contributed by atoms with Gasteiger partial charge < -0.3 is 4.90 Å². The molecule has 1 fully saturated rings. The predicted molar refractivity (Wildman–Crippen MR) is 62.0 cm³/mol. The Morgan fingerprint density at radius 1 is 1.57 bits per heavy atom. The minimum absolute atomic E-state index is 0.834. The number of nitrogens with zero attached hydrogens (tertiary/aromatic N) is 2. The highest BCUT2D eigenvalue weighted by Crippen LogP contribution is 2.30. The largest absolute Gasteiger partial charge is 0.347 e. The van der Waals surface area contributed by atoms with E-state index in [2.05, 4.69) is 36.0 Å². The summed E-state index contributed by atoms with van der Waals surface area (Å²) < 4.78 is 0.